The van der Waals surface area contributed by atoms with Crippen molar-refractivity contribution in [3.63, 3.8) is 0 Å². The minimum Gasteiger partial charge on any atom is -0.451 e. The molecule has 0 saturated carbocycles. The van der Waals surface area contributed by atoms with Gasteiger partial charge in [-0.1, -0.05) is 0 Å². The molecule has 8 heteroatoms. The molecule has 7 nitrogen and oxygen atoms in total. The van der Waals surface area contributed by atoms with Crippen LogP contribution in [0.2, 0.25) is 0 Å². The average Bonchev–Trinajstić information content (AvgIpc) is 3.09. The van der Waals surface area contributed by atoms with Gasteiger partial charge in [0.1, 0.15) is 15.5 Å². The number of amides is 1. The number of hydrogen-bond donors (Lipinski definition) is 0. The van der Waals surface area contributed by atoms with Crippen LogP contribution in [0.25, 0.3) is 10.2 Å². The zero-order chi connectivity index (χ0) is 16.7. The lowest BCUT2D eigenvalue weighted by molar-refractivity contribution is -0.131. The van der Waals surface area contributed by atoms with Crippen LogP contribution < -0.4 is 5.56 Å². The van der Waals surface area contributed by atoms with Crippen LogP contribution in [0.5, 0.6) is 0 Å². The maximum absolute atomic E-state index is 12.5. The summed E-state index contributed by atoms with van der Waals surface area (Å²) in [5, 5.41) is 0.478. The van der Waals surface area contributed by atoms with Crippen molar-refractivity contribution in [3.8, 4) is 0 Å². The predicted molar refractivity (Wildman–Crippen MR) is 85.9 cm³/mol. The Hall–Kier alpha value is -2.22. The van der Waals surface area contributed by atoms with E-state index in [0.29, 0.717) is 27.2 Å². The molecule has 2 aromatic rings. The second-order valence-corrected chi connectivity index (χ2v) is 6.69. The molecule has 0 fully saturated rings. The van der Waals surface area contributed by atoms with E-state index in [9.17, 15) is 14.4 Å². The Morgan fingerprint density at radius 2 is 2.13 bits per heavy atom. The number of aromatic nitrogens is 2. The Balaban J connectivity index is 1.95. The summed E-state index contributed by atoms with van der Waals surface area (Å²) in [7, 11) is 3.18. The highest BCUT2D eigenvalue weighted by Gasteiger charge is 2.24. The first kappa shape index (κ1) is 15.7. The molecule has 0 spiro atoms. The molecular weight excluding hydrogens is 318 g/mol. The Kier molecular flexibility index (Phi) is 3.93. The Morgan fingerprint density at radius 3 is 2.83 bits per heavy atom. The maximum atomic E-state index is 12.5. The molecule has 0 radical (unpaired) electrons. The highest BCUT2D eigenvalue weighted by molar-refractivity contribution is 7.20. The number of esters is 1. The van der Waals surface area contributed by atoms with Gasteiger partial charge in [-0.05, 0) is 18.9 Å². The Morgan fingerprint density at radius 1 is 1.39 bits per heavy atom. The van der Waals surface area contributed by atoms with E-state index in [-0.39, 0.29) is 18.1 Å². The maximum Gasteiger partial charge on any atom is 0.349 e. The summed E-state index contributed by atoms with van der Waals surface area (Å²) in [6.45, 7) is 2.07. The summed E-state index contributed by atoms with van der Waals surface area (Å²) < 4.78 is 6.72. The largest absolute Gasteiger partial charge is 0.451 e. The summed E-state index contributed by atoms with van der Waals surface area (Å²) >= 11 is 1.15. The molecule has 1 aliphatic rings. The lowest BCUT2D eigenvalue weighted by atomic mass is 10.2. The van der Waals surface area contributed by atoms with Crippen molar-refractivity contribution in [3.05, 3.63) is 26.6 Å². The molecule has 0 saturated heterocycles. The van der Waals surface area contributed by atoms with Crippen molar-refractivity contribution >= 4 is 33.4 Å². The molecule has 1 amide bonds. The zero-order valence-electron chi connectivity index (χ0n) is 13.2. The van der Waals surface area contributed by atoms with E-state index in [1.807, 2.05) is 0 Å². The third-order valence-corrected chi connectivity index (χ3v) is 5.09. The van der Waals surface area contributed by atoms with Crippen LogP contribution in [-0.4, -0.2) is 47.0 Å². The number of carbonyl (C=O) groups excluding carboxylic acids is 2. The molecule has 3 rings (SSSR count). The van der Waals surface area contributed by atoms with Crippen LogP contribution in [0.15, 0.2) is 4.79 Å². The number of likely N-dealkylation sites (N-methyl/N-ethyl adjacent to an activating group) is 1. The molecule has 0 aromatic carbocycles. The van der Waals surface area contributed by atoms with Gasteiger partial charge < -0.3 is 9.64 Å². The second kappa shape index (κ2) is 5.77. The number of nitrogens with zero attached hydrogens (tertiary/aromatic N) is 3. The number of thiophene rings is 1. The van der Waals surface area contributed by atoms with Gasteiger partial charge >= 0.3 is 5.97 Å². The topological polar surface area (TPSA) is 81.5 Å². The molecule has 2 aromatic heterocycles. The summed E-state index contributed by atoms with van der Waals surface area (Å²) in [6, 6.07) is 0. The first-order valence-corrected chi connectivity index (χ1v) is 8.12. The van der Waals surface area contributed by atoms with E-state index < -0.39 is 5.97 Å². The quantitative estimate of drug-likeness (QED) is 0.780. The summed E-state index contributed by atoms with van der Waals surface area (Å²) in [4.78, 5) is 43.0. The minimum atomic E-state index is -0.592. The molecule has 122 valence electrons. The summed E-state index contributed by atoms with van der Waals surface area (Å²) in [5.74, 6) is -0.119. The smallest absolute Gasteiger partial charge is 0.349 e. The van der Waals surface area contributed by atoms with Crippen LogP contribution in [0.1, 0.15) is 27.5 Å². The first-order chi connectivity index (χ1) is 10.9. The molecule has 0 aliphatic carbocycles. The number of aryl methyl sites for hydroxylation is 2. The van der Waals surface area contributed by atoms with Crippen molar-refractivity contribution in [2.24, 2.45) is 0 Å². The van der Waals surface area contributed by atoms with E-state index in [1.54, 1.807) is 25.6 Å². The first-order valence-electron chi connectivity index (χ1n) is 7.30. The normalized spacial score (nSPS) is 13.2. The van der Waals surface area contributed by atoms with Crippen LogP contribution in [0.4, 0.5) is 0 Å². The van der Waals surface area contributed by atoms with E-state index >= 15 is 0 Å². The number of ether oxygens (including phenoxy) is 1. The highest BCUT2D eigenvalue weighted by atomic mass is 32.1. The van der Waals surface area contributed by atoms with Crippen LogP contribution in [-0.2, 0) is 22.5 Å². The molecule has 0 N–H and O–H groups in total. The van der Waals surface area contributed by atoms with Crippen molar-refractivity contribution in [2.75, 3.05) is 20.7 Å². The average molecular weight is 335 g/mol. The van der Waals surface area contributed by atoms with Crippen molar-refractivity contribution in [2.45, 2.75) is 26.3 Å². The molecule has 0 atom stereocenters. The predicted octanol–water partition coefficient (Wildman–Crippen LogP) is 0.958. The standard InChI is InChI=1S/C15H17N3O4S/c1-8-11-13(16-9-5-4-6-18(9)14(11)20)23-12(8)15(21)22-7-10(19)17(2)3/h4-7H2,1-3H3. The number of hydrogen-bond acceptors (Lipinski definition) is 6. The number of rotatable bonds is 3. The van der Waals surface area contributed by atoms with Gasteiger partial charge in [-0.25, -0.2) is 9.78 Å². The van der Waals surface area contributed by atoms with E-state index in [4.69, 9.17) is 4.74 Å². The molecular formula is C15H17N3O4S. The van der Waals surface area contributed by atoms with E-state index in [0.717, 1.165) is 30.0 Å². The van der Waals surface area contributed by atoms with Gasteiger partial charge in [0.25, 0.3) is 11.5 Å². The molecule has 3 heterocycles. The third-order valence-electron chi connectivity index (χ3n) is 3.92. The van der Waals surface area contributed by atoms with Gasteiger partial charge in [0.15, 0.2) is 6.61 Å². The summed E-state index contributed by atoms with van der Waals surface area (Å²) in [5.41, 5.74) is 0.478. The third kappa shape index (κ3) is 2.63. The summed E-state index contributed by atoms with van der Waals surface area (Å²) in [6.07, 6.45) is 1.69. The number of carbonyl (C=O) groups is 2. The fraction of sp³-hybridized carbons (Fsp3) is 0.467. The van der Waals surface area contributed by atoms with Crippen LogP contribution >= 0.6 is 11.3 Å². The lowest BCUT2D eigenvalue weighted by Crippen LogP contribution is -2.27. The van der Waals surface area contributed by atoms with Gasteiger partial charge in [0.05, 0.1) is 5.39 Å². The van der Waals surface area contributed by atoms with E-state index in [1.165, 1.54) is 4.90 Å². The highest BCUT2D eigenvalue weighted by Crippen LogP contribution is 2.29. The molecule has 23 heavy (non-hydrogen) atoms. The van der Waals surface area contributed by atoms with Gasteiger partial charge in [-0.3, -0.25) is 14.2 Å². The molecule has 0 bridgehead atoms. The monoisotopic (exact) mass is 335 g/mol. The zero-order valence-corrected chi connectivity index (χ0v) is 14.0. The van der Waals surface area contributed by atoms with Crippen molar-refractivity contribution in [1.29, 1.82) is 0 Å². The van der Waals surface area contributed by atoms with Gasteiger partial charge in [-0.2, -0.15) is 0 Å². The van der Waals surface area contributed by atoms with Crippen molar-refractivity contribution < 1.29 is 14.3 Å². The SMILES string of the molecule is Cc1c(C(=O)OCC(=O)N(C)C)sc2nc3n(c(=O)c12)CCC3. The van der Waals surface area contributed by atoms with Gasteiger partial charge in [0, 0.05) is 27.1 Å². The Bertz CT molecular complexity index is 866. The second-order valence-electron chi connectivity index (χ2n) is 5.69. The van der Waals surface area contributed by atoms with Gasteiger partial charge in [-0.15, -0.1) is 11.3 Å². The molecule has 1 aliphatic heterocycles. The van der Waals surface area contributed by atoms with Crippen LogP contribution in [0, 0.1) is 6.92 Å². The van der Waals surface area contributed by atoms with Crippen molar-refractivity contribution in [1.82, 2.24) is 14.5 Å². The fourth-order valence-corrected chi connectivity index (χ4v) is 3.68. The fourth-order valence-electron chi connectivity index (χ4n) is 2.59. The van der Waals surface area contributed by atoms with Crippen LogP contribution in [0.3, 0.4) is 0 Å². The lowest BCUT2D eigenvalue weighted by Gasteiger charge is -2.10. The molecule has 0 unspecified atom stereocenters. The van der Waals surface area contributed by atoms with E-state index in [2.05, 4.69) is 4.98 Å². The number of fused-ring (bicyclic) bond motifs is 2. The van der Waals surface area contributed by atoms with Gasteiger partial charge in [0.2, 0.25) is 0 Å². The Labute approximate surface area is 136 Å². The minimum absolute atomic E-state index is 0.0975.